The van der Waals surface area contributed by atoms with Crippen LogP contribution < -0.4 is 0 Å². The van der Waals surface area contributed by atoms with Crippen LogP contribution >= 0.6 is 0 Å². The lowest BCUT2D eigenvalue weighted by Gasteiger charge is -2.05. The molecule has 5 heteroatoms. The molecule has 0 N–H and O–H groups in total. The zero-order chi connectivity index (χ0) is 21.1. The van der Waals surface area contributed by atoms with Crippen LogP contribution in [0.4, 0.5) is 0 Å². The second-order valence-corrected chi connectivity index (χ2v) is 6.98. The van der Waals surface area contributed by atoms with Gasteiger partial charge in [-0.15, -0.1) is 0 Å². The Morgan fingerprint density at radius 3 is 1.74 bits per heavy atom. The predicted octanol–water partition coefficient (Wildman–Crippen LogP) is 5.24. The number of hydrogen-bond acceptors (Lipinski definition) is 5. The third-order valence-electron chi connectivity index (χ3n) is 3.52. The Morgan fingerprint density at radius 2 is 1.26 bits per heavy atom. The molecule has 0 aliphatic carbocycles. The third-order valence-corrected chi connectivity index (χ3v) is 3.52. The third kappa shape index (κ3) is 22.3. The maximum absolute atomic E-state index is 11.0. The molecule has 0 amide bonds. The maximum atomic E-state index is 11.0. The van der Waals surface area contributed by atoms with E-state index in [4.69, 9.17) is 14.2 Å². The van der Waals surface area contributed by atoms with Crippen molar-refractivity contribution in [2.45, 2.75) is 73.1 Å². The van der Waals surface area contributed by atoms with Crippen molar-refractivity contribution in [2.24, 2.45) is 5.92 Å². The molecular weight excluding hydrogens is 344 g/mol. The molecule has 0 aliphatic rings. The van der Waals surface area contributed by atoms with Crippen LogP contribution in [0.15, 0.2) is 24.3 Å². The molecule has 0 spiro atoms. The lowest BCUT2D eigenvalue weighted by atomic mass is 10.0. The molecule has 0 bridgehead atoms. The quantitative estimate of drug-likeness (QED) is 0.233. The highest BCUT2D eigenvalue weighted by molar-refractivity contribution is 5.87. The van der Waals surface area contributed by atoms with Gasteiger partial charge in [-0.25, -0.2) is 9.59 Å². The van der Waals surface area contributed by atoms with Crippen LogP contribution in [0, 0.1) is 5.92 Å². The monoisotopic (exact) mass is 384 g/mol. The van der Waals surface area contributed by atoms with Gasteiger partial charge in [-0.05, 0) is 33.1 Å². The molecule has 5 nitrogen and oxygen atoms in total. The first-order valence-electron chi connectivity index (χ1n) is 9.95. The number of hydrogen-bond donors (Lipinski definition) is 0. The van der Waals surface area contributed by atoms with E-state index in [0.717, 1.165) is 18.8 Å². The highest BCUT2D eigenvalue weighted by Gasteiger charge is 2.02. The van der Waals surface area contributed by atoms with E-state index in [-0.39, 0.29) is 11.9 Å². The van der Waals surface area contributed by atoms with E-state index in [9.17, 15) is 9.59 Å². The summed E-state index contributed by atoms with van der Waals surface area (Å²) < 4.78 is 14.7. The second-order valence-electron chi connectivity index (χ2n) is 6.98. The Labute approximate surface area is 166 Å². The summed E-state index contributed by atoms with van der Waals surface area (Å²) in [5.41, 5.74) is 0.901. The number of ether oxygens (including phenoxy) is 3. The van der Waals surface area contributed by atoms with E-state index >= 15 is 0 Å². The lowest BCUT2D eigenvalue weighted by Crippen LogP contribution is -2.10. The van der Waals surface area contributed by atoms with Crippen molar-refractivity contribution in [1.82, 2.24) is 0 Å². The number of esters is 2. The van der Waals surface area contributed by atoms with Crippen molar-refractivity contribution in [3.63, 3.8) is 0 Å². The summed E-state index contributed by atoms with van der Waals surface area (Å²) in [7, 11) is 0. The maximum Gasteiger partial charge on any atom is 0.333 e. The predicted molar refractivity (Wildman–Crippen MR) is 111 cm³/mol. The second kappa shape index (κ2) is 19.2. The minimum absolute atomic E-state index is 0.264. The van der Waals surface area contributed by atoms with Crippen molar-refractivity contribution >= 4 is 11.9 Å². The van der Waals surface area contributed by atoms with Gasteiger partial charge in [-0.2, -0.15) is 0 Å². The zero-order valence-corrected chi connectivity index (χ0v) is 18.1. The molecular formula is C22H40O5. The molecule has 0 rings (SSSR count). The van der Waals surface area contributed by atoms with Gasteiger partial charge in [0.05, 0.1) is 13.2 Å². The van der Waals surface area contributed by atoms with Crippen LogP contribution in [0.3, 0.4) is 0 Å². The molecule has 0 unspecified atom stereocenters. The van der Waals surface area contributed by atoms with Crippen molar-refractivity contribution in [2.75, 3.05) is 26.4 Å². The summed E-state index contributed by atoms with van der Waals surface area (Å²) in [6, 6.07) is 0. The van der Waals surface area contributed by atoms with Gasteiger partial charge in [-0.3, -0.25) is 0 Å². The normalized spacial score (nSPS) is 10.0. The van der Waals surface area contributed by atoms with Gasteiger partial charge in [-0.1, -0.05) is 59.1 Å². The summed E-state index contributed by atoms with van der Waals surface area (Å²) in [5.74, 6) is 0.195. The van der Waals surface area contributed by atoms with E-state index in [1.165, 1.54) is 25.7 Å². The molecule has 0 aliphatic heterocycles. The minimum atomic E-state index is -0.357. The molecule has 0 saturated heterocycles. The molecule has 0 atom stereocenters. The van der Waals surface area contributed by atoms with Gasteiger partial charge < -0.3 is 14.2 Å². The molecule has 0 saturated carbocycles. The average Bonchev–Trinajstić information content (AvgIpc) is 2.60. The van der Waals surface area contributed by atoms with Gasteiger partial charge in [0.1, 0.15) is 6.61 Å². The largest absolute Gasteiger partial charge is 0.462 e. The van der Waals surface area contributed by atoms with Crippen LogP contribution in [0.25, 0.3) is 0 Å². The Balaban J connectivity index is 0. The van der Waals surface area contributed by atoms with E-state index in [2.05, 4.69) is 27.0 Å². The standard InChI is InChI=1S/C14H26O2.C8H14O3/c1-12(2)10-8-6-5-7-9-11-16-14(15)13(3)4;1-4-10-5-6-11-8(9)7(2)3/h12H,3,5-11H2,1-2,4H3;2,4-6H2,1,3H3. The lowest BCUT2D eigenvalue weighted by molar-refractivity contribution is -0.140. The van der Waals surface area contributed by atoms with Crippen LogP contribution in [0.2, 0.25) is 0 Å². The molecule has 27 heavy (non-hydrogen) atoms. The number of carbonyl (C=O) groups is 2. The van der Waals surface area contributed by atoms with Gasteiger partial charge in [0.15, 0.2) is 0 Å². The molecule has 0 heterocycles. The summed E-state index contributed by atoms with van der Waals surface area (Å²) >= 11 is 0. The van der Waals surface area contributed by atoms with Gasteiger partial charge in [0.2, 0.25) is 0 Å². The Bertz CT molecular complexity index is 426. The average molecular weight is 385 g/mol. The molecule has 0 aromatic carbocycles. The van der Waals surface area contributed by atoms with E-state index < -0.39 is 0 Å². The number of rotatable bonds is 14. The van der Waals surface area contributed by atoms with E-state index in [1.54, 1.807) is 13.8 Å². The highest BCUT2D eigenvalue weighted by Crippen LogP contribution is 2.10. The summed E-state index contributed by atoms with van der Waals surface area (Å²) in [6.45, 7) is 18.6. The van der Waals surface area contributed by atoms with Crippen molar-refractivity contribution in [3.05, 3.63) is 24.3 Å². The summed E-state index contributed by atoms with van der Waals surface area (Å²) in [6.07, 6.45) is 7.32. The minimum Gasteiger partial charge on any atom is -0.462 e. The van der Waals surface area contributed by atoms with E-state index in [0.29, 0.717) is 37.6 Å². The topological polar surface area (TPSA) is 61.8 Å². The smallest absolute Gasteiger partial charge is 0.333 e. The molecule has 0 fully saturated rings. The van der Waals surface area contributed by atoms with Crippen molar-refractivity contribution < 1.29 is 23.8 Å². The molecule has 0 aromatic rings. The number of unbranched alkanes of at least 4 members (excludes halogenated alkanes) is 4. The van der Waals surface area contributed by atoms with Gasteiger partial charge >= 0.3 is 11.9 Å². The van der Waals surface area contributed by atoms with Crippen molar-refractivity contribution in [1.29, 1.82) is 0 Å². The first-order chi connectivity index (χ1) is 12.7. The van der Waals surface area contributed by atoms with Crippen LogP contribution in [0.5, 0.6) is 0 Å². The molecule has 0 aromatic heterocycles. The number of carbonyl (C=O) groups excluding carboxylic acids is 2. The Hall–Kier alpha value is -1.62. The SMILES string of the molecule is C=C(C)C(=O)OCCCCCCCC(C)C.C=C(C)C(=O)OCCOCC. The van der Waals surface area contributed by atoms with Crippen LogP contribution in [-0.4, -0.2) is 38.4 Å². The highest BCUT2D eigenvalue weighted by atomic mass is 16.6. The summed E-state index contributed by atoms with van der Waals surface area (Å²) in [5, 5.41) is 0. The fraction of sp³-hybridized carbons (Fsp3) is 0.727. The van der Waals surface area contributed by atoms with E-state index in [1.807, 2.05) is 6.92 Å². The molecule has 158 valence electrons. The fourth-order valence-corrected chi connectivity index (χ4v) is 1.93. The molecule has 0 radical (unpaired) electrons. The van der Waals surface area contributed by atoms with Crippen molar-refractivity contribution in [3.8, 4) is 0 Å². The van der Waals surface area contributed by atoms with Gasteiger partial charge in [0.25, 0.3) is 0 Å². The Morgan fingerprint density at radius 1 is 0.778 bits per heavy atom. The summed E-state index contributed by atoms with van der Waals surface area (Å²) in [4.78, 5) is 21.8. The van der Waals surface area contributed by atoms with Gasteiger partial charge in [0, 0.05) is 17.8 Å². The Kier molecular flexibility index (Phi) is 19.6. The van der Waals surface area contributed by atoms with Crippen LogP contribution in [-0.2, 0) is 23.8 Å². The first kappa shape index (κ1) is 27.6. The first-order valence-corrected chi connectivity index (χ1v) is 9.95. The van der Waals surface area contributed by atoms with Crippen LogP contribution in [0.1, 0.15) is 73.1 Å². The zero-order valence-electron chi connectivity index (χ0n) is 18.1. The fourth-order valence-electron chi connectivity index (χ4n) is 1.93.